The van der Waals surface area contributed by atoms with Gasteiger partial charge in [-0.05, 0) is 31.9 Å². The number of carbonyl (C=O) groups is 3. The number of benzene rings is 2. The smallest absolute Gasteiger partial charge is 0.338 e. The zero-order valence-corrected chi connectivity index (χ0v) is 17.4. The minimum atomic E-state index is -0.844. The normalized spacial score (nSPS) is 10.3. The Labute approximate surface area is 179 Å². The van der Waals surface area contributed by atoms with Crippen molar-refractivity contribution in [1.29, 1.82) is 0 Å². The molecule has 0 saturated heterocycles. The van der Waals surface area contributed by atoms with Crippen LogP contribution in [0.5, 0.6) is 0 Å². The molecule has 164 valence electrons. The standard InChI is InChI=1S/C22H24N2O7/c1-3-30-21(26)17-12-18(14-19(13-17)24(28)29)22(27)31-11-10-23-20(25)9-8-16-6-4-15(2)5-7-16/h4-7,12-14H,3,8-11H2,1-2H3,(H,23,25). The van der Waals surface area contributed by atoms with Gasteiger partial charge in [0, 0.05) is 18.6 Å². The molecule has 0 radical (unpaired) electrons. The Morgan fingerprint density at radius 2 is 1.61 bits per heavy atom. The number of esters is 2. The highest BCUT2D eigenvalue weighted by molar-refractivity contribution is 5.96. The zero-order valence-electron chi connectivity index (χ0n) is 17.4. The maximum atomic E-state index is 12.2. The van der Waals surface area contributed by atoms with Crippen LogP contribution in [-0.2, 0) is 20.7 Å². The van der Waals surface area contributed by atoms with Crippen molar-refractivity contribution < 1.29 is 28.8 Å². The summed E-state index contributed by atoms with van der Waals surface area (Å²) in [5.74, 6) is -1.80. The van der Waals surface area contributed by atoms with Crippen molar-refractivity contribution in [2.24, 2.45) is 0 Å². The number of nitrogens with zero attached hydrogens (tertiary/aromatic N) is 1. The van der Waals surface area contributed by atoms with Gasteiger partial charge in [0.05, 0.1) is 29.2 Å². The second-order valence-electron chi connectivity index (χ2n) is 6.72. The number of rotatable bonds is 10. The Morgan fingerprint density at radius 3 is 2.19 bits per heavy atom. The van der Waals surface area contributed by atoms with E-state index in [2.05, 4.69) is 5.32 Å². The van der Waals surface area contributed by atoms with Gasteiger partial charge >= 0.3 is 11.9 Å². The van der Waals surface area contributed by atoms with Crippen molar-refractivity contribution >= 4 is 23.5 Å². The van der Waals surface area contributed by atoms with E-state index < -0.39 is 22.5 Å². The van der Waals surface area contributed by atoms with E-state index in [0.29, 0.717) is 12.8 Å². The number of nitro benzene ring substituents is 1. The van der Waals surface area contributed by atoms with Crippen LogP contribution in [0, 0.1) is 17.0 Å². The molecule has 2 aromatic carbocycles. The summed E-state index contributed by atoms with van der Waals surface area (Å²) in [5, 5.41) is 13.7. The number of non-ortho nitro benzene ring substituents is 1. The molecule has 0 spiro atoms. The summed E-state index contributed by atoms with van der Waals surface area (Å²) >= 11 is 0. The lowest BCUT2D eigenvalue weighted by atomic mass is 10.1. The minimum absolute atomic E-state index is 0.0882. The van der Waals surface area contributed by atoms with E-state index >= 15 is 0 Å². The molecule has 0 atom stereocenters. The van der Waals surface area contributed by atoms with Crippen LogP contribution >= 0.6 is 0 Å². The Hall–Kier alpha value is -3.75. The van der Waals surface area contributed by atoms with Crippen molar-refractivity contribution in [3.63, 3.8) is 0 Å². The molecule has 0 unspecified atom stereocenters. The van der Waals surface area contributed by atoms with Gasteiger partial charge in [0.25, 0.3) is 5.69 Å². The number of amides is 1. The molecule has 0 saturated carbocycles. The number of hydrogen-bond donors (Lipinski definition) is 1. The van der Waals surface area contributed by atoms with Gasteiger partial charge < -0.3 is 14.8 Å². The molecule has 0 fully saturated rings. The Bertz CT molecular complexity index is 955. The van der Waals surface area contributed by atoms with Gasteiger partial charge in [-0.1, -0.05) is 29.8 Å². The fourth-order valence-corrected chi connectivity index (χ4v) is 2.69. The molecule has 0 aliphatic rings. The van der Waals surface area contributed by atoms with Crippen molar-refractivity contribution in [3.8, 4) is 0 Å². The third-order valence-corrected chi connectivity index (χ3v) is 4.29. The molecule has 2 rings (SSSR count). The average Bonchev–Trinajstić information content (AvgIpc) is 2.76. The van der Waals surface area contributed by atoms with Crippen LogP contribution in [0.25, 0.3) is 0 Å². The van der Waals surface area contributed by atoms with E-state index in [0.717, 1.165) is 23.3 Å². The van der Waals surface area contributed by atoms with Gasteiger partial charge in [-0.25, -0.2) is 9.59 Å². The van der Waals surface area contributed by atoms with Crippen LogP contribution in [-0.4, -0.2) is 42.5 Å². The minimum Gasteiger partial charge on any atom is -0.462 e. The number of hydrogen-bond acceptors (Lipinski definition) is 7. The Kier molecular flexibility index (Phi) is 8.68. The Balaban J connectivity index is 1.84. The molecule has 0 bridgehead atoms. The molecule has 9 nitrogen and oxygen atoms in total. The molecule has 31 heavy (non-hydrogen) atoms. The van der Waals surface area contributed by atoms with Gasteiger partial charge in [-0.3, -0.25) is 14.9 Å². The summed E-state index contributed by atoms with van der Waals surface area (Å²) in [6.45, 7) is 3.65. The molecule has 0 aliphatic carbocycles. The lowest BCUT2D eigenvalue weighted by molar-refractivity contribution is -0.384. The first-order valence-corrected chi connectivity index (χ1v) is 9.76. The van der Waals surface area contributed by atoms with Gasteiger partial charge in [-0.2, -0.15) is 0 Å². The average molecular weight is 428 g/mol. The summed E-state index contributed by atoms with van der Waals surface area (Å²) in [4.78, 5) is 46.4. The molecule has 0 aromatic heterocycles. The molecular formula is C22H24N2O7. The molecule has 0 aliphatic heterocycles. The van der Waals surface area contributed by atoms with E-state index in [9.17, 15) is 24.5 Å². The lowest BCUT2D eigenvalue weighted by Crippen LogP contribution is -2.28. The molecule has 2 aromatic rings. The van der Waals surface area contributed by atoms with Crippen molar-refractivity contribution in [2.45, 2.75) is 26.7 Å². The highest BCUT2D eigenvalue weighted by Crippen LogP contribution is 2.19. The van der Waals surface area contributed by atoms with E-state index in [1.165, 1.54) is 6.07 Å². The van der Waals surface area contributed by atoms with Crippen molar-refractivity contribution in [1.82, 2.24) is 5.32 Å². The number of ether oxygens (including phenoxy) is 2. The third kappa shape index (κ3) is 7.54. The van der Waals surface area contributed by atoms with E-state index in [1.807, 2.05) is 31.2 Å². The summed E-state index contributed by atoms with van der Waals surface area (Å²) in [6, 6.07) is 11.1. The lowest BCUT2D eigenvalue weighted by Gasteiger charge is -2.08. The number of aryl methyl sites for hydroxylation is 2. The number of carbonyl (C=O) groups excluding carboxylic acids is 3. The predicted molar refractivity (Wildman–Crippen MR) is 112 cm³/mol. The quantitative estimate of drug-likeness (QED) is 0.267. The summed E-state index contributed by atoms with van der Waals surface area (Å²) in [7, 11) is 0. The van der Waals surface area contributed by atoms with Crippen LogP contribution in [0.3, 0.4) is 0 Å². The summed E-state index contributed by atoms with van der Waals surface area (Å²) in [6.07, 6.45) is 0.890. The van der Waals surface area contributed by atoms with Gasteiger partial charge in [0.1, 0.15) is 6.61 Å². The van der Waals surface area contributed by atoms with E-state index in [-0.39, 0.29) is 36.8 Å². The monoisotopic (exact) mass is 428 g/mol. The van der Waals surface area contributed by atoms with Crippen LogP contribution < -0.4 is 5.32 Å². The van der Waals surface area contributed by atoms with Crippen molar-refractivity contribution in [2.75, 3.05) is 19.8 Å². The van der Waals surface area contributed by atoms with Gasteiger partial charge in [0.2, 0.25) is 5.91 Å². The molecule has 1 N–H and O–H groups in total. The Morgan fingerprint density at radius 1 is 1.00 bits per heavy atom. The fourth-order valence-electron chi connectivity index (χ4n) is 2.69. The van der Waals surface area contributed by atoms with Crippen LogP contribution in [0.1, 0.15) is 45.2 Å². The second-order valence-corrected chi connectivity index (χ2v) is 6.72. The maximum Gasteiger partial charge on any atom is 0.338 e. The van der Waals surface area contributed by atoms with Crippen LogP contribution in [0.4, 0.5) is 5.69 Å². The maximum absolute atomic E-state index is 12.2. The summed E-state index contributed by atoms with van der Waals surface area (Å²) < 4.78 is 9.88. The van der Waals surface area contributed by atoms with Crippen LogP contribution in [0.15, 0.2) is 42.5 Å². The fraction of sp³-hybridized carbons (Fsp3) is 0.318. The van der Waals surface area contributed by atoms with E-state index in [1.54, 1.807) is 6.92 Å². The van der Waals surface area contributed by atoms with Crippen molar-refractivity contribution in [3.05, 3.63) is 74.8 Å². The first-order chi connectivity index (χ1) is 14.8. The molecule has 1 amide bonds. The highest BCUT2D eigenvalue weighted by Gasteiger charge is 2.19. The molecular weight excluding hydrogens is 404 g/mol. The second kappa shape index (κ2) is 11.4. The largest absolute Gasteiger partial charge is 0.462 e. The first kappa shape index (κ1) is 23.5. The zero-order chi connectivity index (χ0) is 22.8. The molecule has 9 heteroatoms. The van der Waals surface area contributed by atoms with Gasteiger partial charge in [-0.15, -0.1) is 0 Å². The van der Waals surface area contributed by atoms with E-state index in [4.69, 9.17) is 9.47 Å². The highest BCUT2D eigenvalue weighted by atomic mass is 16.6. The molecule has 0 heterocycles. The predicted octanol–water partition coefficient (Wildman–Crippen LogP) is 2.99. The SMILES string of the molecule is CCOC(=O)c1cc(C(=O)OCCNC(=O)CCc2ccc(C)cc2)cc([N+](=O)[O-])c1. The van der Waals surface area contributed by atoms with Crippen LogP contribution in [0.2, 0.25) is 0 Å². The summed E-state index contributed by atoms with van der Waals surface area (Å²) in [5.41, 5.74) is 1.50. The first-order valence-electron chi connectivity index (χ1n) is 9.76. The number of nitro groups is 1. The topological polar surface area (TPSA) is 125 Å². The van der Waals surface area contributed by atoms with Gasteiger partial charge in [0.15, 0.2) is 0 Å². The third-order valence-electron chi connectivity index (χ3n) is 4.29. The number of nitrogens with one attached hydrogen (secondary N) is 1.